The highest BCUT2D eigenvalue weighted by atomic mass is 31.2. The van der Waals surface area contributed by atoms with E-state index in [-0.39, 0.29) is 32.3 Å². The maximum absolute atomic E-state index is 12.7. The average molecular weight is 940 g/mol. The van der Waals surface area contributed by atoms with Crippen LogP contribution in [-0.2, 0) is 27.9 Å². The summed E-state index contributed by atoms with van der Waals surface area (Å²) in [5, 5.41) is 0. The lowest BCUT2D eigenvalue weighted by atomic mass is 10.0. The van der Waals surface area contributed by atoms with E-state index in [1.54, 1.807) is 0 Å². The second-order valence-electron chi connectivity index (χ2n) is 19.2. The number of hydrogen-bond acceptors (Lipinski definition) is 7. The van der Waals surface area contributed by atoms with Crippen molar-refractivity contribution < 1.29 is 32.8 Å². The van der Waals surface area contributed by atoms with Crippen molar-refractivity contribution in [3.8, 4) is 0 Å². The quantitative estimate of drug-likeness (QED) is 0.0268. The van der Waals surface area contributed by atoms with Crippen LogP contribution in [0.15, 0.2) is 24.3 Å². The molecule has 65 heavy (non-hydrogen) atoms. The van der Waals surface area contributed by atoms with Crippen molar-refractivity contribution in [1.29, 1.82) is 0 Å². The molecule has 0 saturated heterocycles. The Bertz CT molecular complexity index is 1060. The fourth-order valence-corrected chi connectivity index (χ4v) is 9.21. The molecule has 9 heteroatoms. The lowest BCUT2D eigenvalue weighted by Crippen LogP contribution is -2.28. The molecule has 0 rings (SSSR count). The van der Waals surface area contributed by atoms with Crippen molar-refractivity contribution in [2.24, 2.45) is 5.73 Å². The predicted molar refractivity (Wildman–Crippen MR) is 280 cm³/mol. The summed E-state index contributed by atoms with van der Waals surface area (Å²) < 4.78 is 33.7. The lowest BCUT2D eigenvalue weighted by molar-refractivity contribution is -0.154. The minimum absolute atomic E-state index is 0.0927. The molecule has 0 saturated carbocycles. The van der Waals surface area contributed by atoms with Gasteiger partial charge in [-0.3, -0.25) is 13.8 Å². The molecule has 386 valence electrons. The van der Waals surface area contributed by atoms with Gasteiger partial charge in [0.05, 0.1) is 19.8 Å². The van der Waals surface area contributed by atoms with E-state index in [4.69, 9.17) is 24.3 Å². The van der Waals surface area contributed by atoms with Gasteiger partial charge in [0.25, 0.3) is 0 Å². The van der Waals surface area contributed by atoms with Gasteiger partial charge in [-0.25, -0.2) is 4.57 Å². The van der Waals surface area contributed by atoms with Crippen LogP contribution >= 0.6 is 7.82 Å². The van der Waals surface area contributed by atoms with Crippen molar-refractivity contribution in [1.82, 2.24) is 0 Å². The second kappa shape index (κ2) is 53.9. The van der Waals surface area contributed by atoms with E-state index in [2.05, 4.69) is 38.2 Å². The van der Waals surface area contributed by atoms with Gasteiger partial charge < -0.3 is 20.1 Å². The Kier molecular flexibility index (Phi) is 53.1. The van der Waals surface area contributed by atoms with Gasteiger partial charge in [0.15, 0.2) is 0 Å². The van der Waals surface area contributed by atoms with Gasteiger partial charge in [0.1, 0.15) is 6.10 Å². The Hall–Kier alpha value is -1.02. The molecule has 0 aliphatic rings. The molecule has 0 amide bonds. The first kappa shape index (κ1) is 64.0. The molecule has 8 nitrogen and oxygen atoms in total. The van der Waals surface area contributed by atoms with E-state index in [9.17, 15) is 14.3 Å². The second-order valence-corrected chi connectivity index (χ2v) is 20.6. The SMILES string of the molecule is CCCCCCC/C=C\C/C=C\CCCCCCCCCCCCCCOCC(COP(=O)(O)OCCN)OC(=O)CCCCCCCCCCCCCCCCCCCCCCCC. The Balaban J connectivity index is 3.86. The third kappa shape index (κ3) is 53.8. The molecular weight excluding hydrogens is 830 g/mol. The van der Waals surface area contributed by atoms with Gasteiger partial charge in [-0.2, -0.15) is 0 Å². The van der Waals surface area contributed by atoms with Crippen LogP contribution in [-0.4, -0.2) is 49.9 Å². The fourth-order valence-electron chi connectivity index (χ4n) is 8.44. The Labute approximate surface area is 404 Å². The number of hydrogen-bond donors (Lipinski definition) is 2. The Morgan fingerprint density at radius 3 is 1.20 bits per heavy atom. The van der Waals surface area contributed by atoms with Gasteiger partial charge in [-0.15, -0.1) is 0 Å². The molecule has 2 atom stereocenters. The third-order valence-electron chi connectivity index (χ3n) is 12.6. The topological polar surface area (TPSA) is 117 Å². The van der Waals surface area contributed by atoms with E-state index >= 15 is 0 Å². The molecule has 0 heterocycles. The van der Waals surface area contributed by atoms with E-state index in [0.29, 0.717) is 13.0 Å². The Morgan fingerprint density at radius 1 is 0.462 bits per heavy atom. The van der Waals surface area contributed by atoms with Gasteiger partial charge >= 0.3 is 13.8 Å². The van der Waals surface area contributed by atoms with Crippen LogP contribution in [0.25, 0.3) is 0 Å². The number of phosphoric ester groups is 1. The molecule has 0 aliphatic heterocycles. The number of nitrogens with two attached hydrogens (primary N) is 1. The minimum atomic E-state index is -4.28. The number of esters is 1. The normalized spacial score (nSPS) is 13.4. The first-order chi connectivity index (χ1) is 31.9. The van der Waals surface area contributed by atoms with Crippen LogP contribution in [0.2, 0.25) is 0 Å². The van der Waals surface area contributed by atoms with E-state index in [1.165, 1.54) is 231 Å². The molecule has 0 aromatic heterocycles. The highest BCUT2D eigenvalue weighted by Crippen LogP contribution is 2.43. The van der Waals surface area contributed by atoms with Gasteiger partial charge in [0.2, 0.25) is 0 Å². The number of ether oxygens (including phenoxy) is 2. The standard InChI is InChI=1S/C56H110NO7P/c1-3-5-7-9-11-13-15-17-19-21-23-25-27-28-30-32-34-36-38-40-42-44-46-48-51-61-53-55(54-63-65(59,60)62-52-50-57)64-56(58)49-47-45-43-41-39-37-35-33-31-29-26-24-22-20-18-16-14-12-10-8-6-4-2/h15,17,21,23,55H,3-14,16,18-20,22,24-54,57H2,1-2H3,(H,59,60)/b17-15-,23-21-. The molecule has 3 N–H and O–H groups in total. The summed E-state index contributed by atoms with van der Waals surface area (Å²) in [6.07, 6.45) is 63.7. The summed E-state index contributed by atoms with van der Waals surface area (Å²) in [7, 11) is -4.28. The van der Waals surface area contributed by atoms with Crippen molar-refractivity contribution in [2.45, 2.75) is 296 Å². The van der Waals surface area contributed by atoms with Crippen molar-refractivity contribution >= 4 is 13.8 Å². The van der Waals surface area contributed by atoms with Crippen LogP contribution in [0.4, 0.5) is 0 Å². The Morgan fingerprint density at radius 2 is 0.815 bits per heavy atom. The van der Waals surface area contributed by atoms with Crippen LogP contribution in [0.5, 0.6) is 0 Å². The molecule has 0 bridgehead atoms. The van der Waals surface area contributed by atoms with Crippen molar-refractivity contribution in [3.05, 3.63) is 24.3 Å². The molecule has 0 spiro atoms. The fraction of sp³-hybridized carbons (Fsp3) is 0.911. The molecule has 0 aliphatic carbocycles. The summed E-state index contributed by atoms with van der Waals surface area (Å²) in [6.45, 7) is 4.98. The maximum Gasteiger partial charge on any atom is 0.472 e. The first-order valence-electron chi connectivity index (χ1n) is 28.3. The number of allylic oxidation sites excluding steroid dienone is 4. The summed E-state index contributed by atoms with van der Waals surface area (Å²) in [6, 6.07) is 0. The average Bonchev–Trinajstić information content (AvgIpc) is 3.30. The van der Waals surface area contributed by atoms with Crippen molar-refractivity contribution in [2.75, 3.05) is 33.0 Å². The summed E-state index contributed by atoms with van der Waals surface area (Å²) in [4.78, 5) is 22.7. The summed E-state index contributed by atoms with van der Waals surface area (Å²) in [5.74, 6) is -0.323. The molecule has 0 aromatic rings. The molecule has 0 aromatic carbocycles. The largest absolute Gasteiger partial charge is 0.472 e. The van der Waals surface area contributed by atoms with Gasteiger partial charge in [-0.05, 0) is 44.9 Å². The number of phosphoric acid groups is 1. The maximum atomic E-state index is 12.7. The lowest BCUT2D eigenvalue weighted by Gasteiger charge is -2.20. The molecule has 2 unspecified atom stereocenters. The smallest absolute Gasteiger partial charge is 0.457 e. The van der Waals surface area contributed by atoms with E-state index in [0.717, 1.165) is 38.5 Å². The zero-order valence-corrected chi connectivity index (χ0v) is 44.1. The highest BCUT2D eigenvalue weighted by Gasteiger charge is 2.25. The predicted octanol–water partition coefficient (Wildman–Crippen LogP) is 17.9. The van der Waals surface area contributed by atoms with Crippen LogP contribution in [0.3, 0.4) is 0 Å². The molecule has 0 radical (unpaired) electrons. The summed E-state index contributed by atoms with van der Waals surface area (Å²) in [5.41, 5.74) is 5.40. The number of rotatable bonds is 55. The minimum Gasteiger partial charge on any atom is -0.457 e. The molecular formula is C56H110NO7P. The molecule has 0 fully saturated rings. The highest BCUT2D eigenvalue weighted by molar-refractivity contribution is 7.47. The summed E-state index contributed by atoms with van der Waals surface area (Å²) >= 11 is 0. The van der Waals surface area contributed by atoms with Gasteiger partial charge in [-0.1, -0.05) is 263 Å². The zero-order chi connectivity index (χ0) is 47.3. The first-order valence-corrected chi connectivity index (χ1v) is 29.8. The number of carbonyl (C=O) groups excluding carboxylic acids is 1. The monoisotopic (exact) mass is 940 g/mol. The van der Waals surface area contributed by atoms with Crippen LogP contribution in [0.1, 0.15) is 290 Å². The third-order valence-corrected chi connectivity index (χ3v) is 13.6. The van der Waals surface area contributed by atoms with E-state index < -0.39 is 13.9 Å². The zero-order valence-electron chi connectivity index (χ0n) is 43.2. The number of carbonyl (C=O) groups is 1. The number of unbranched alkanes of at least 4 members (excludes halogenated alkanes) is 38. The van der Waals surface area contributed by atoms with Gasteiger partial charge in [0, 0.05) is 19.6 Å². The van der Waals surface area contributed by atoms with Crippen LogP contribution in [0, 0.1) is 0 Å². The van der Waals surface area contributed by atoms with Crippen LogP contribution < -0.4 is 5.73 Å². The van der Waals surface area contributed by atoms with Crippen molar-refractivity contribution in [3.63, 3.8) is 0 Å². The van der Waals surface area contributed by atoms with E-state index in [1.807, 2.05) is 0 Å².